The first-order valence-corrected chi connectivity index (χ1v) is 6.79. The van der Waals surface area contributed by atoms with Crippen LogP contribution in [-0.4, -0.2) is 17.7 Å². The lowest BCUT2D eigenvalue weighted by Gasteiger charge is -2.22. The Hall–Kier alpha value is -1.03. The van der Waals surface area contributed by atoms with Gasteiger partial charge in [-0.2, -0.15) is 0 Å². The van der Waals surface area contributed by atoms with Gasteiger partial charge in [0.2, 0.25) is 0 Å². The molecule has 3 nitrogen and oxygen atoms in total. The van der Waals surface area contributed by atoms with Crippen molar-refractivity contribution in [3.63, 3.8) is 0 Å². The fourth-order valence-electron chi connectivity index (χ4n) is 1.53. The molecule has 0 radical (unpaired) electrons. The van der Waals surface area contributed by atoms with E-state index >= 15 is 0 Å². The minimum absolute atomic E-state index is 0.0426. The van der Waals surface area contributed by atoms with Crippen molar-refractivity contribution in [1.82, 2.24) is 5.32 Å². The number of carbonyl (C=O) groups is 1. The van der Waals surface area contributed by atoms with Crippen molar-refractivity contribution in [2.75, 3.05) is 0 Å². The zero-order valence-electron chi connectivity index (χ0n) is 11.3. The molecule has 4 heteroatoms. The van der Waals surface area contributed by atoms with Gasteiger partial charge in [0, 0.05) is 10.5 Å². The maximum absolute atomic E-state index is 11.6. The summed E-state index contributed by atoms with van der Waals surface area (Å²) < 4.78 is 6.26. The van der Waals surface area contributed by atoms with Gasteiger partial charge in [-0.3, -0.25) is 0 Å². The van der Waals surface area contributed by atoms with Crippen LogP contribution in [0.3, 0.4) is 0 Å². The van der Waals surface area contributed by atoms with Crippen molar-refractivity contribution in [2.24, 2.45) is 0 Å². The Morgan fingerprint density at radius 1 is 1.33 bits per heavy atom. The lowest BCUT2D eigenvalue weighted by Crippen LogP contribution is -2.38. The largest absolute Gasteiger partial charge is 0.444 e. The molecule has 1 atom stereocenters. The molecule has 0 aliphatic carbocycles. The molecule has 100 valence electrons. The third-order valence-electron chi connectivity index (χ3n) is 2.22. The summed E-state index contributed by atoms with van der Waals surface area (Å²) >= 11 is 3.40. The summed E-state index contributed by atoms with van der Waals surface area (Å²) in [6.45, 7) is 7.52. The van der Waals surface area contributed by atoms with E-state index in [9.17, 15) is 4.79 Å². The second-order valence-corrected chi connectivity index (χ2v) is 6.29. The summed E-state index contributed by atoms with van der Waals surface area (Å²) in [5.74, 6) is 0. The fourth-order valence-corrected chi connectivity index (χ4v) is 1.80. The van der Waals surface area contributed by atoms with Gasteiger partial charge >= 0.3 is 6.09 Å². The highest BCUT2D eigenvalue weighted by Gasteiger charge is 2.17. The molecule has 0 aliphatic rings. The summed E-state index contributed by atoms with van der Waals surface area (Å²) in [6, 6.07) is 8.11. The number of amides is 1. The van der Waals surface area contributed by atoms with Crippen molar-refractivity contribution < 1.29 is 9.53 Å². The second-order valence-electron chi connectivity index (χ2n) is 5.38. The Labute approximate surface area is 117 Å². The minimum atomic E-state index is -0.457. The Morgan fingerprint density at radius 3 is 2.39 bits per heavy atom. The van der Waals surface area contributed by atoms with E-state index in [2.05, 4.69) is 21.2 Å². The van der Waals surface area contributed by atoms with Crippen LogP contribution in [0.25, 0.3) is 0 Å². The van der Waals surface area contributed by atoms with Crippen LogP contribution in [0.1, 0.15) is 33.3 Å². The van der Waals surface area contributed by atoms with E-state index in [1.165, 1.54) is 5.56 Å². The SMILES string of the molecule is C[C@@H](Cc1ccc(Br)cc1)NC(=O)OC(C)(C)C. The van der Waals surface area contributed by atoms with Crippen LogP contribution >= 0.6 is 15.9 Å². The number of halogens is 1. The van der Waals surface area contributed by atoms with E-state index in [1.54, 1.807) is 0 Å². The maximum Gasteiger partial charge on any atom is 0.407 e. The Morgan fingerprint density at radius 2 is 1.89 bits per heavy atom. The number of alkyl carbamates (subject to hydrolysis) is 1. The Bertz CT molecular complexity index is 395. The van der Waals surface area contributed by atoms with Crippen LogP contribution in [-0.2, 0) is 11.2 Å². The highest BCUT2D eigenvalue weighted by molar-refractivity contribution is 9.10. The van der Waals surface area contributed by atoms with E-state index in [1.807, 2.05) is 52.0 Å². The van der Waals surface area contributed by atoms with Gasteiger partial charge in [-0.1, -0.05) is 28.1 Å². The molecule has 0 aromatic heterocycles. The summed E-state index contributed by atoms with van der Waals surface area (Å²) in [6.07, 6.45) is 0.416. The minimum Gasteiger partial charge on any atom is -0.444 e. The number of benzene rings is 1. The molecule has 0 bridgehead atoms. The molecule has 1 aromatic carbocycles. The van der Waals surface area contributed by atoms with Crippen LogP contribution < -0.4 is 5.32 Å². The normalized spacial score (nSPS) is 12.9. The predicted octanol–water partition coefficient (Wildman–Crippen LogP) is 3.90. The van der Waals surface area contributed by atoms with Crippen molar-refractivity contribution in [2.45, 2.75) is 45.8 Å². The highest BCUT2D eigenvalue weighted by Crippen LogP contribution is 2.12. The zero-order chi connectivity index (χ0) is 13.8. The number of ether oxygens (including phenoxy) is 1. The van der Waals surface area contributed by atoms with E-state index in [0.29, 0.717) is 0 Å². The summed E-state index contributed by atoms with van der Waals surface area (Å²) in [4.78, 5) is 11.6. The topological polar surface area (TPSA) is 38.3 Å². The summed E-state index contributed by atoms with van der Waals surface area (Å²) in [5.41, 5.74) is 0.725. The Balaban J connectivity index is 2.44. The first-order valence-electron chi connectivity index (χ1n) is 6.00. The molecule has 0 heterocycles. The molecule has 0 fully saturated rings. The molecule has 1 aromatic rings. The number of nitrogens with one attached hydrogen (secondary N) is 1. The van der Waals surface area contributed by atoms with E-state index < -0.39 is 5.60 Å². The van der Waals surface area contributed by atoms with Crippen molar-refractivity contribution in [3.05, 3.63) is 34.3 Å². The summed E-state index contributed by atoms with van der Waals surface area (Å²) in [7, 11) is 0. The molecule has 0 spiro atoms. The zero-order valence-corrected chi connectivity index (χ0v) is 12.9. The average molecular weight is 314 g/mol. The number of hydrogen-bond donors (Lipinski definition) is 1. The van der Waals surface area contributed by atoms with Crippen LogP contribution in [0.15, 0.2) is 28.7 Å². The van der Waals surface area contributed by atoms with Gasteiger partial charge < -0.3 is 10.1 Å². The smallest absolute Gasteiger partial charge is 0.407 e. The van der Waals surface area contributed by atoms with E-state index in [-0.39, 0.29) is 12.1 Å². The van der Waals surface area contributed by atoms with Crippen molar-refractivity contribution >= 4 is 22.0 Å². The second kappa shape index (κ2) is 6.23. The molecular weight excluding hydrogens is 294 g/mol. The first-order chi connectivity index (χ1) is 8.26. The monoisotopic (exact) mass is 313 g/mol. The average Bonchev–Trinajstić information content (AvgIpc) is 2.18. The van der Waals surface area contributed by atoms with Crippen molar-refractivity contribution in [3.8, 4) is 0 Å². The third-order valence-corrected chi connectivity index (χ3v) is 2.75. The number of carbonyl (C=O) groups excluding carboxylic acids is 1. The predicted molar refractivity (Wildman–Crippen MR) is 76.7 cm³/mol. The van der Waals surface area contributed by atoms with Gasteiger partial charge in [-0.15, -0.1) is 0 Å². The number of rotatable bonds is 3. The molecule has 18 heavy (non-hydrogen) atoms. The molecule has 0 aliphatic heterocycles. The first kappa shape index (κ1) is 15.0. The van der Waals surface area contributed by atoms with Crippen molar-refractivity contribution in [1.29, 1.82) is 0 Å². The molecule has 0 saturated heterocycles. The molecule has 1 amide bonds. The quantitative estimate of drug-likeness (QED) is 0.919. The van der Waals surface area contributed by atoms with Gasteiger partial charge in [0.1, 0.15) is 5.60 Å². The van der Waals surface area contributed by atoms with Crippen LogP contribution in [0.5, 0.6) is 0 Å². The van der Waals surface area contributed by atoms with E-state index in [0.717, 1.165) is 10.9 Å². The van der Waals surface area contributed by atoms with Crippen LogP contribution in [0, 0.1) is 0 Å². The maximum atomic E-state index is 11.6. The Kier molecular flexibility index (Phi) is 5.20. The lowest BCUT2D eigenvalue weighted by atomic mass is 10.1. The number of hydrogen-bond acceptors (Lipinski definition) is 2. The molecule has 0 saturated carbocycles. The summed E-state index contributed by atoms with van der Waals surface area (Å²) in [5, 5.41) is 2.83. The van der Waals surface area contributed by atoms with Gasteiger partial charge in [0.15, 0.2) is 0 Å². The molecule has 0 unspecified atom stereocenters. The molecule has 1 N–H and O–H groups in total. The van der Waals surface area contributed by atoms with Gasteiger partial charge in [0.05, 0.1) is 0 Å². The standard InChI is InChI=1S/C14H20BrNO2/c1-10(16-13(17)18-14(2,3)4)9-11-5-7-12(15)8-6-11/h5-8,10H,9H2,1-4H3,(H,16,17)/t10-/m0/s1. The van der Waals surface area contributed by atoms with Gasteiger partial charge in [-0.05, 0) is 51.8 Å². The van der Waals surface area contributed by atoms with Gasteiger partial charge in [-0.25, -0.2) is 4.79 Å². The van der Waals surface area contributed by atoms with Gasteiger partial charge in [0.25, 0.3) is 0 Å². The van der Waals surface area contributed by atoms with Crippen LogP contribution in [0.2, 0.25) is 0 Å². The highest BCUT2D eigenvalue weighted by atomic mass is 79.9. The molecular formula is C14H20BrNO2. The third kappa shape index (κ3) is 6.05. The molecule has 1 rings (SSSR count). The fraction of sp³-hybridized carbons (Fsp3) is 0.500. The van der Waals surface area contributed by atoms with E-state index in [4.69, 9.17) is 4.74 Å². The van der Waals surface area contributed by atoms with Crippen LogP contribution in [0.4, 0.5) is 4.79 Å². The lowest BCUT2D eigenvalue weighted by molar-refractivity contribution is 0.0508.